The number of aldehydes is 1. The van der Waals surface area contributed by atoms with E-state index in [1.165, 1.54) is 25.7 Å². The van der Waals surface area contributed by atoms with Gasteiger partial charge in [0.05, 0.1) is 0 Å². The van der Waals surface area contributed by atoms with Crippen LogP contribution in [0.1, 0.15) is 39.0 Å². The quantitative estimate of drug-likeness (QED) is 0.463. The van der Waals surface area contributed by atoms with E-state index in [0.29, 0.717) is 12.3 Å². The molecule has 12 heavy (non-hydrogen) atoms. The molecule has 0 bridgehead atoms. The lowest BCUT2D eigenvalue weighted by molar-refractivity contribution is -0.108. The third-order valence-corrected chi connectivity index (χ3v) is 2.58. The highest BCUT2D eigenvalue weighted by Gasteiger charge is 2.11. The van der Waals surface area contributed by atoms with Crippen molar-refractivity contribution in [2.24, 2.45) is 11.8 Å². The molecule has 1 rings (SSSR count). The predicted molar refractivity (Wildman–Crippen MR) is 50.9 cm³/mol. The molecule has 1 aliphatic rings. The molecule has 0 aliphatic heterocycles. The Labute approximate surface area is 74.9 Å². The molecule has 0 heterocycles. The molecule has 1 nitrogen and oxygen atoms in total. The summed E-state index contributed by atoms with van der Waals surface area (Å²) in [6.45, 7) is 2.10. The summed E-state index contributed by atoms with van der Waals surface area (Å²) in [5, 5.41) is 0. The SMILES string of the molecule is CC(C=CC1CCCC1)CC=O. The lowest BCUT2D eigenvalue weighted by Crippen LogP contribution is -1.92. The first-order chi connectivity index (χ1) is 5.83. The maximum absolute atomic E-state index is 10.2. The van der Waals surface area contributed by atoms with Gasteiger partial charge in [0.25, 0.3) is 0 Å². The Morgan fingerprint density at radius 3 is 2.67 bits per heavy atom. The van der Waals surface area contributed by atoms with Crippen molar-refractivity contribution in [1.82, 2.24) is 0 Å². The maximum Gasteiger partial charge on any atom is 0.120 e. The van der Waals surface area contributed by atoms with Crippen molar-refractivity contribution in [3.05, 3.63) is 12.2 Å². The molecule has 1 heteroatoms. The Hall–Kier alpha value is -0.590. The van der Waals surface area contributed by atoms with E-state index in [9.17, 15) is 4.79 Å². The van der Waals surface area contributed by atoms with E-state index < -0.39 is 0 Å². The van der Waals surface area contributed by atoms with Gasteiger partial charge in [-0.3, -0.25) is 0 Å². The van der Waals surface area contributed by atoms with Crippen LogP contribution >= 0.6 is 0 Å². The molecule has 0 radical (unpaired) electrons. The summed E-state index contributed by atoms with van der Waals surface area (Å²) in [6.07, 6.45) is 11.7. The third kappa shape index (κ3) is 3.21. The van der Waals surface area contributed by atoms with Gasteiger partial charge in [-0.15, -0.1) is 0 Å². The summed E-state index contributed by atoms with van der Waals surface area (Å²) < 4.78 is 0. The largest absolute Gasteiger partial charge is 0.303 e. The highest BCUT2D eigenvalue weighted by Crippen LogP contribution is 2.26. The summed E-state index contributed by atoms with van der Waals surface area (Å²) in [6, 6.07) is 0. The van der Waals surface area contributed by atoms with E-state index in [-0.39, 0.29) is 0 Å². The smallest absolute Gasteiger partial charge is 0.120 e. The van der Waals surface area contributed by atoms with Crippen molar-refractivity contribution in [2.75, 3.05) is 0 Å². The maximum atomic E-state index is 10.2. The number of rotatable bonds is 4. The molecule has 0 amide bonds. The Kier molecular flexibility index (Phi) is 4.06. The van der Waals surface area contributed by atoms with Gasteiger partial charge in [0.2, 0.25) is 0 Å². The highest BCUT2D eigenvalue weighted by atomic mass is 16.1. The molecule has 1 atom stereocenters. The minimum atomic E-state index is 0.433. The van der Waals surface area contributed by atoms with Gasteiger partial charge in [-0.05, 0) is 24.7 Å². The van der Waals surface area contributed by atoms with Crippen LogP contribution in [0.5, 0.6) is 0 Å². The lowest BCUT2D eigenvalue weighted by atomic mass is 10.0. The minimum absolute atomic E-state index is 0.433. The normalized spacial score (nSPS) is 21.8. The zero-order valence-electron chi connectivity index (χ0n) is 7.83. The summed E-state index contributed by atoms with van der Waals surface area (Å²) in [5.74, 6) is 1.24. The van der Waals surface area contributed by atoms with E-state index in [2.05, 4.69) is 19.1 Å². The third-order valence-electron chi connectivity index (χ3n) is 2.58. The number of allylic oxidation sites excluding steroid dienone is 2. The van der Waals surface area contributed by atoms with Crippen LogP contribution in [0.4, 0.5) is 0 Å². The van der Waals surface area contributed by atoms with Crippen LogP contribution in [0.15, 0.2) is 12.2 Å². The second-order valence-electron chi connectivity index (χ2n) is 3.81. The standard InChI is InChI=1S/C11H18O/c1-10(8-9-12)6-7-11-4-2-3-5-11/h6-7,9-11H,2-5,8H2,1H3. The van der Waals surface area contributed by atoms with Crippen LogP contribution in [0.3, 0.4) is 0 Å². The van der Waals surface area contributed by atoms with Crippen LogP contribution in [0.25, 0.3) is 0 Å². The van der Waals surface area contributed by atoms with Crippen molar-refractivity contribution in [3.63, 3.8) is 0 Å². The van der Waals surface area contributed by atoms with Gasteiger partial charge in [-0.1, -0.05) is 31.9 Å². The Morgan fingerprint density at radius 2 is 2.08 bits per heavy atom. The first-order valence-corrected chi connectivity index (χ1v) is 4.95. The second kappa shape index (κ2) is 5.13. The second-order valence-corrected chi connectivity index (χ2v) is 3.81. The number of carbonyl (C=O) groups is 1. The molecular weight excluding hydrogens is 148 g/mol. The van der Waals surface area contributed by atoms with Gasteiger partial charge in [0.1, 0.15) is 6.29 Å². The summed E-state index contributed by atoms with van der Waals surface area (Å²) >= 11 is 0. The van der Waals surface area contributed by atoms with Crippen LogP contribution in [-0.2, 0) is 4.79 Å². The van der Waals surface area contributed by atoms with Gasteiger partial charge in [0, 0.05) is 6.42 Å². The van der Waals surface area contributed by atoms with E-state index in [4.69, 9.17) is 0 Å². The Morgan fingerprint density at radius 1 is 1.42 bits per heavy atom. The average molecular weight is 166 g/mol. The van der Waals surface area contributed by atoms with Gasteiger partial charge in [0.15, 0.2) is 0 Å². The lowest BCUT2D eigenvalue weighted by Gasteiger charge is -2.03. The zero-order valence-corrected chi connectivity index (χ0v) is 7.83. The molecular formula is C11H18O. The topological polar surface area (TPSA) is 17.1 Å². The Balaban J connectivity index is 2.22. The summed E-state index contributed by atoms with van der Waals surface area (Å²) in [4.78, 5) is 10.2. The average Bonchev–Trinajstić information content (AvgIpc) is 2.53. The van der Waals surface area contributed by atoms with Crippen molar-refractivity contribution < 1.29 is 4.79 Å². The molecule has 1 fully saturated rings. The molecule has 0 aromatic heterocycles. The van der Waals surface area contributed by atoms with E-state index in [1.54, 1.807) is 0 Å². The highest BCUT2D eigenvalue weighted by molar-refractivity contribution is 5.50. The molecule has 0 N–H and O–H groups in total. The van der Waals surface area contributed by atoms with Crippen molar-refractivity contribution in [3.8, 4) is 0 Å². The van der Waals surface area contributed by atoms with Crippen molar-refractivity contribution in [2.45, 2.75) is 39.0 Å². The predicted octanol–water partition coefficient (Wildman–Crippen LogP) is 2.96. The first-order valence-electron chi connectivity index (χ1n) is 4.95. The molecule has 68 valence electrons. The minimum Gasteiger partial charge on any atom is -0.303 e. The van der Waals surface area contributed by atoms with E-state index in [0.717, 1.165) is 12.2 Å². The Bertz CT molecular complexity index is 154. The van der Waals surface area contributed by atoms with Crippen LogP contribution in [0.2, 0.25) is 0 Å². The van der Waals surface area contributed by atoms with Gasteiger partial charge >= 0.3 is 0 Å². The van der Waals surface area contributed by atoms with Crippen LogP contribution in [0, 0.1) is 11.8 Å². The van der Waals surface area contributed by atoms with E-state index >= 15 is 0 Å². The molecule has 1 aliphatic carbocycles. The molecule has 0 spiro atoms. The summed E-state index contributed by atoms with van der Waals surface area (Å²) in [5.41, 5.74) is 0. The first kappa shape index (κ1) is 9.50. The molecule has 0 aromatic rings. The number of carbonyl (C=O) groups excluding carboxylic acids is 1. The zero-order chi connectivity index (χ0) is 8.81. The molecule has 1 saturated carbocycles. The van der Waals surface area contributed by atoms with Crippen LogP contribution in [-0.4, -0.2) is 6.29 Å². The fraction of sp³-hybridized carbons (Fsp3) is 0.727. The van der Waals surface area contributed by atoms with Gasteiger partial charge in [-0.2, -0.15) is 0 Å². The molecule has 0 aromatic carbocycles. The number of hydrogen-bond acceptors (Lipinski definition) is 1. The van der Waals surface area contributed by atoms with Gasteiger partial charge < -0.3 is 4.79 Å². The molecule has 0 saturated heterocycles. The van der Waals surface area contributed by atoms with Crippen molar-refractivity contribution >= 4 is 6.29 Å². The van der Waals surface area contributed by atoms with Crippen LogP contribution < -0.4 is 0 Å². The number of hydrogen-bond donors (Lipinski definition) is 0. The van der Waals surface area contributed by atoms with Crippen molar-refractivity contribution in [1.29, 1.82) is 0 Å². The van der Waals surface area contributed by atoms with E-state index in [1.807, 2.05) is 0 Å². The monoisotopic (exact) mass is 166 g/mol. The molecule has 1 unspecified atom stereocenters. The van der Waals surface area contributed by atoms with Gasteiger partial charge in [-0.25, -0.2) is 0 Å². The fourth-order valence-electron chi connectivity index (χ4n) is 1.73. The summed E-state index contributed by atoms with van der Waals surface area (Å²) in [7, 11) is 0. The fourth-order valence-corrected chi connectivity index (χ4v) is 1.73.